The number of phenols is 1. The Hall–Kier alpha value is -2.14. The molecule has 11 heteroatoms. The number of nitrogens with one attached hydrogen (secondary N) is 2. The van der Waals surface area contributed by atoms with Crippen molar-refractivity contribution < 1.29 is 23.1 Å². The molecule has 28 heavy (non-hydrogen) atoms. The number of likely N-dealkylation sites (N-methyl/N-ethyl adjacent to an activating group) is 1. The summed E-state index contributed by atoms with van der Waals surface area (Å²) in [6, 6.07) is 8.85. The topological polar surface area (TPSA) is 116 Å². The second-order valence-electron chi connectivity index (χ2n) is 5.83. The van der Waals surface area contributed by atoms with Crippen molar-refractivity contribution in [1.29, 1.82) is 0 Å². The molecule has 3 N–H and O–H groups in total. The van der Waals surface area contributed by atoms with Gasteiger partial charge in [-0.15, -0.1) is 11.3 Å². The van der Waals surface area contributed by atoms with Gasteiger partial charge in [0, 0.05) is 25.7 Å². The first-order valence-corrected chi connectivity index (χ1v) is 10.9. The minimum absolute atomic E-state index is 0.00352. The number of hydrogen-bond donors (Lipinski definition) is 3. The molecule has 8 nitrogen and oxygen atoms in total. The lowest BCUT2D eigenvalue weighted by Gasteiger charge is -2.15. The Balaban J connectivity index is 1.70. The third-order valence-electron chi connectivity index (χ3n) is 3.65. The van der Waals surface area contributed by atoms with E-state index in [2.05, 4.69) is 10.6 Å². The number of thiophene rings is 1. The van der Waals surface area contributed by atoms with E-state index >= 15 is 0 Å². The zero-order chi connectivity index (χ0) is 20.7. The van der Waals surface area contributed by atoms with Gasteiger partial charge in [-0.1, -0.05) is 17.7 Å². The number of carbonyl (C=O) groups is 2. The molecule has 0 fully saturated rings. The first-order chi connectivity index (χ1) is 13.2. The van der Waals surface area contributed by atoms with E-state index in [1.165, 1.54) is 31.3 Å². The van der Waals surface area contributed by atoms with Crippen LogP contribution in [0.2, 0.25) is 4.34 Å². The number of carbonyl (C=O) groups excluding carboxylic acids is 2. The van der Waals surface area contributed by atoms with Gasteiger partial charge in [0.2, 0.25) is 5.91 Å². The lowest BCUT2D eigenvalue weighted by Crippen LogP contribution is -2.39. The van der Waals surface area contributed by atoms with E-state index in [1.54, 1.807) is 12.1 Å². The molecule has 2 amide bonds. The normalized spacial score (nSPS) is 11.4. The molecule has 0 aliphatic rings. The van der Waals surface area contributed by atoms with E-state index in [0.717, 1.165) is 15.6 Å². The molecule has 0 saturated heterocycles. The van der Waals surface area contributed by atoms with Crippen LogP contribution in [0.15, 0.2) is 40.6 Å². The summed E-state index contributed by atoms with van der Waals surface area (Å²) in [5.74, 6) is -0.778. The van der Waals surface area contributed by atoms with Crippen molar-refractivity contribution in [3.63, 3.8) is 0 Å². The molecule has 2 rings (SSSR count). The van der Waals surface area contributed by atoms with E-state index in [9.17, 15) is 23.1 Å². The Labute approximate surface area is 172 Å². The molecular weight excluding hydrogens is 426 g/mol. The number of rotatable bonds is 9. The Kier molecular flexibility index (Phi) is 7.81. The van der Waals surface area contributed by atoms with Crippen LogP contribution in [0.3, 0.4) is 0 Å². The van der Waals surface area contributed by atoms with Crippen LogP contribution in [0.5, 0.6) is 5.75 Å². The van der Waals surface area contributed by atoms with E-state index in [0.29, 0.717) is 22.9 Å². The molecule has 1 aromatic carbocycles. The summed E-state index contributed by atoms with van der Waals surface area (Å²) in [5.41, 5.74) is 0.338. The monoisotopic (exact) mass is 445 g/mol. The second-order valence-corrected chi connectivity index (χ2v) is 9.82. The first kappa shape index (κ1) is 22.2. The number of amides is 2. The fourth-order valence-electron chi connectivity index (χ4n) is 2.20. The zero-order valence-corrected chi connectivity index (χ0v) is 17.4. The molecule has 0 unspecified atom stereocenters. The summed E-state index contributed by atoms with van der Waals surface area (Å²) in [6.07, 6.45) is 0.466. The number of sulfonamides is 1. The molecule has 0 aliphatic carbocycles. The predicted molar refractivity (Wildman–Crippen MR) is 107 cm³/mol. The summed E-state index contributed by atoms with van der Waals surface area (Å²) in [5, 5.41) is 14.6. The number of hydrogen-bond acceptors (Lipinski definition) is 6. The number of halogens is 1. The van der Waals surface area contributed by atoms with Crippen LogP contribution in [0.4, 0.5) is 0 Å². The van der Waals surface area contributed by atoms with Crippen molar-refractivity contribution in [2.75, 3.05) is 26.7 Å². The summed E-state index contributed by atoms with van der Waals surface area (Å²) in [6.45, 7) is 0.266. The third kappa shape index (κ3) is 6.20. The van der Waals surface area contributed by atoms with Gasteiger partial charge in [-0.2, -0.15) is 4.31 Å². The van der Waals surface area contributed by atoms with Crippen LogP contribution in [-0.4, -0.2) is 56.3 Å². The van der Waals surface area contributed by atoms with Crippen LogP contribution in [0.25, 0.3) is 0 Å². The molecule has 0 spiro atoms. The average molecular weight is 446 g/mol. The fourth-order valence-corrected chi connectivity index (χ4v) is 5.02. The van der Waals surface area contributed by atoms with Crippen molar-refractivity contribution in [2.24, 2.45) is 0 Å². The van der Waals surface area contributed by atoms with Gasteiger partial charge in [0.15, 0.2) is 0 Å². The number of benzene rings is 1. The lowest BCUT2D eigenvalue weighted by molar-refractivity contribution is -0.121. The maximum Gasteiger partial charge on any atom is 0.252 e. The summed E-state index contributed by atoms with van der Waals surface area (Å²) >= 11 is 6.68. The highest BCUT2D eigenvalue weighted by atomic mass is 35.5. The molecule has 0 saturated carbocycles. The summed E-state index contributed by atoms with van der Waals surface area (Å²) in [7, 11) is -2.45. The van der Waals surface area contributed by atoms with E-state index in [1.807, 2.05) is 0 Å². The van der Waals surface area contributed by atoms with Gasteiger partial charge in [-0.25, -0.2) is 8.42 Å². The van der Waals surface area contributed by atoms with Gasteiger partial charge in [-0.05, 0) is 36.8 Å². The van der Waals surface area contributed by atoms with Crippen molar-refractivity contribution in [3.8, 4) is 5.75 Å². The smallest absolute Gasteiger partial charge is 0.252 e. The Bertz CT molecular complexity index is 946. The fraction of sp³-hybridized carbons (Fsp3) is 0.294. The average Bonchev–Trinajstić information content (AvgIpc) is 3.08. The van der Waals surface area contributed by atoms with E-state index in [4.69, 9.17) is 11.6 Å². The number of phenolic OH excluding ortho intramolecular Hbond substituents is 1. The number of aromatic hydroxyl groups is 1. The molecule has 152 valence electrons. The van der Waals surface area contributed by atoms with Gasteiger partial charge in [-0.3, -0.25) is 9.59 Å². The van der Waals surface area contributed by atoms with Gasteiger partial charge >= 0.3 is 0 Å². The van der Waals surface area contributed by atoms with Crippen molar-refractivity contribution in [1.82, 2.24) is 14.9 Å². The predicted octanol–water partition coefficient (Wildman–Crippen LogP) is 1.66. The van der Waals surface area contributed by atoms with Gasteiger partial charge < -0.3 is 15.7 Å². The Morgan fingerprint density at radius 1 is 1.18 bits per heavy atom. The lowest BCUT2D eigenvalue weighted by atomic mass is 10.2. The first-order valence-electron chi connectivity index (χ1n) is 8.26. The molecule has 0 aliphatic heterocycles. The van der Waals surface area contributed by atoms with Crippen LogP contribution >= 0.6 is 22.9 Å². The minimum atomic E-state index is -3.76. The Morgan fingerprint density at radius 2 is 1.89 bits per heavy atom. The van der Waals surface area contributed by atoms with E-state index in [-0.39, 0.29) is 29.0 Å². The minimum Gasteiger partial charge on any atom is -0.508 e. The highest BCUT2D eigenvalue weighted by molar-refractivity contribution is 7.91. The van der Waals surface area contributed by atoms with Gasteiger partial charge in [0.1, 0.15) is 9.96 Å². The SMILES string of the molecule is CN(CC(=O)NCCCNC(=O)c1cccc(O)c1)S(=O)(=O)c1ccc(Cl)s1. The molecule has 0 radical (unpaired) electrons. The van der Waals surface area contributed by atoms with Crippen molar-refractivity contribution in [3.05, 3.63) is 46.3 Å². The van der Waals surface area contributed by atoms with Crippen LogP contribution in [-0.2, 0) is 14.8 Å². The molecule has 1 aromatic heterocycles. The standard InChI is InChI=1S/C17H20ClN3O5S2/c1-21(28(25,26)16-7-6-14(18)27-16)11-15(23)19-8-3-9-20-17(24)12-4-2-5-13(22)10-12/h2,4-7,10,22H,3,8-9,11H2,1H3,(H,19,23)(H,20,24). The summed E-state index contributed by atoms with van der Waals surface area (Å²) < 4.78 is 26.0. The zero-order valence-electron chi connectivity index (χ0n) is 15.0. The highest BCUT2D eigenvalue weighted by Crippen LogP contribution is 2.27. The molecule has 1 heterocycles. The molecule has 2 aromatic rings. The Morgan fingerprint density at radius 3 is 2.54 bits per heavy atom. The molecular formula is C17H20ClN3O5S2. The largest absolute Gasteiger partial charge is 0.508 e. The number of nitrogens with zero attached hydrogens (tertiary/aromatic N) is 1. The van der Waals surface area contributed by atoms with Crippen LogP contribution in [0.1, 0.15) is 16.8 Å². The van der Waals surface area contributed by atoms with Crippen molar-refractivity contribution >= 4 is 44.8 Å². The quantitative estimate of drug-likeness (QED) is 0.508. The van der Waals surface area contributed by atoms with Gasteiger partial charge in [0.25, 0.3) is 15.9 Å². The molecule has 0 atom stereocenters. The summed E-state index contributed by atoms with van der Waals surface area (Å²) in [4.78, 5) is 23.8. The van der Waals surface area contributed by atoms with Crippen LogP contribution < -0.4 is 10.6 Å². The van der Waals surface area contributed by atoms with Crippen LogP contribution in [0, 0.1) is 0 Å². The molecule has 0 bridgehead atoms. The maximum absolute atomic E-state index is 12.3. The highest BCUT2D eigenvalue weighted by Gasteiger charge is 2.24. The van der Waals surface area contributed by atoms with Crippen molar-refractivity contribution in [2.45, 2.75) is 10.6 Å². The third-order valence-corrected chi connectivity index (χ3v) is 7.15. The maximum atomic E-state index is 12.3. The van der Waals surface area contributed by atoms with E-state index < -0.39 is 15.9 Å². The second kappa shape index (κ2) is 9.87. The van der Waals surface area contributed by atoms with Gasteiger partial charge in [0.05, 0.1) is 10.9 Å².